The van der Waals surface area contributed by atoms with E-state index in [2.05, 4.69) is 240 Å². The number of aromatic nitrogens is 2. The van der Waals surface area contributed by atoms with E-state index in [1.807, 2.05) is 0 Å². The summed E-state index contributed by atoms with van der Waals surface area (Å²) >= 11 is 0. The molecule has 0 aliphatic rings. The van der Waals surface area contributed by atoms with Crippen molar-refractivity contribution >= 4 is 72.4 Å². The van der Waals surface area contributed by atoms with E-state index in [0.717, 1.165) is 0 Å². The molecule has 11 rings (SSSR count). The van der Waals surface area contributed by atoms with E-state index in [1.54, 1.807) is 0 Å². The summed E-state index contributed by atoms with van der Waals surface area (Å²) in [6.45, 7) is 0. The Hall–Kier alpha value is -7.20. The zero-order chi connectivity index (χ0) is 37.8. The van der Waals surface area contributed by atoms with Crippen LogP contribution in [0, 0.1) is 0 Å². The maximum Gasteiger partial charge on any atom is 0.179 e. The minimum atomic E-state index is -2.83. The Morgan fingerprint density at radius 2 is 0.649 bits per heavy atom. The first-order chi connectivity index (χ1) is 28.3. The molecule has 2 nitrogen and oxygen atoms in total. The second-order valence-electron chi connectivity index (χ2n) is 14.9. The van der Waals surface area contributed by atoms with E-state index in [-0.39, 0.29) is 0 Å². The van der Waals surface area contributed by atoms with E-state index >= 15 is 0 Å². The zero-order valence-electron chi connectivity index (χ0n) is 31.3. The van der Waals surface area contributed by atoms with Crippen molar-refractivity contribution in [3.05, 3.63) is 231 Å². The van der Waals surface area contributed by atoms with Crippen LogP contribution in [-0.4, -0.2) is 17.2 Å². The van der Waals surface area contributed by atoms with Crippen LogP contribution in [0.1, 0.15) is 0 Å². The lowest BCUT2D eigenvalue weighted by Crippen LogP contribution is -2.74. The molecule has 268 valence electrons. The van der Waals surface area contributed by atoms with Crippen molar-refractivity contribution in [3.63, 3.8) is 0 Å². The molecule has 57 heavy (non-hydrogen) atoms. The van der Waals surface area contributed by atoms with Crippen molar-refractivity contribution < 1.29 is 0 Å². The molecule has 9 aromatic carbocycles. The largest absolute Gasteiger partial charge is 0.309 e. The number of rotatable bonds is 7. The van der Waals surface area contributed by atoms with Crippen LogP contribution in [0.15, 0.2) is 231 Å². The van der Waals surface area contributed by atoms with Gasteiger partial charge in [-0.15, -0.1) is 0 Å². The average Bonchev–Trinajstić information content (AvgIpc) is 3.80. The predicted molar refractivity (Wildman–Crippen MR) is 244 cm³/mol. The fraction of sp³-hybridized carbons (Fsp3) is 0. The van der Waals surface area contributed by atoms with Gasteiger partial charge in [0.25, 0.3) is 0 Å². The molecule has 0 fully saturated rings. The number of para-hydroxylation sites is 4. The Balaban J connectivity index is 1.13. The molecule has 0 spiro atoms. The van der Waals surface area contributed by atoms with Crippen molar-refractivity contribution in [3.8, 4) is 22.5 Å². The van der Waals surface area contributed by atoms with Gasteiger partial charge in [0.05, 0.1) is 22.1 Å². The molecule has 0 radical (unpaired) electrons. The third-order valence-corrected chi connectivity index (χ3v) is 16.6. The highest BCUT2D eigenvalue weighted by atomic mass is 28.3. The highest BCUT2D eigenvalue weighted by molar-refractivity contribution is 7.20. The van der Waals surface area contributed by atoms with Crippen LogP contribution in [0.4, 0.5) is 0 Å². The molecule has 0 amide bonds. The summed E-state index contributed by atoms with van der Waals surface area (Å²) in [5.41, 5.74) is 9.61. The summed E-state index contributed by atoms with van der Waals surface area (Å²) in [4.78, 5) is 0. The smallest absolute Gasteiger partial charge is 0.179 e. The lowest BCUT2D eigenvalue weighted by molar-refractivity contribution is 1.18. The molecule has 2 heterocycles. The molecule has 0 unspecified atom stereocenters. The minimum Gasteiger partial charge on any atom is -0.309 e. The van der Waals surface area contributed by atoms with Gasteiger partial charge in [-0.1, -0.05) is 182 Å². The Labute approximate surface area is 333 Å². The standard InChI is InChI=1S/C54H38N2Si/c1-5-17-41(18-6-1)55-52-28-16-14-26-48(52)50-38-46(34-36-53(50)55)57(43-21-9-3-10-22-43,44-23-11-4-12-24-44)45-32-29-39(30-33-45)40-31-35-49-47-25-13-15-27-51(47)56(54(49)37-40)42-19-7-2-8-20-42/h1-38H. The summed E-state index contributed by atoms with van der Waals surface area (Å²) in [6.07, 6.45) is 0. The number of nitrogens with zero attached hydrogens (tertiary/aromatic N) is 2. The van der Waals surface area contributed by atoms with Crippen LogP contribution >= 0.6 is 0 Å². The van der Waals surface area contributed by atoms with Crippen molar-refractivity contribution in [2.24, 2.45) is 0 Å². The van der Waals surface area contributed by atoms with Crippen LogP contribution in [0.2, 0.25) is 0 Å². The number of benzene rings is 9. The average molecular weight is 743 g/mol. The third-order valence-electron chi connectivity index (χ3n) is 11.9. The Morgan fingerprint density at radius 1 is 0.246 bits per heavy atom. The Bertz CT molecular complexity index is 3160. The van der Waals surface area contributed by atoms with Crippen LogP contribution in [0.25, 0.3) is 66.1 Å². The van der Waals surface area contributed by atoms with Gasteiger partial charge in [-0.3, -0.25) is 0 Å². The summed E-state index contributed by atoms with van der Waals surface area (Å²) < 4.78 is 4.81. The molecule has 0 saturated heterocycles. The molecule has 2 aromatic heterocycles. The Kier molecular flexibility index (Phi) is 7.87. The van der Waals surface area contributed by atoms with Gasteiger partial charge in [-0.2, -0.15) is 0 Å². The number of hydrogen-bond donors (Lipinski definition) is 0. The molecule has 0 bridgehead atoms. The topological polar surface area (TPSA) is 9.86 Å². The molecular weight excluding hydrogens is 705 g/mol. The van der Waals surface area contributed by atoms with E-state index in [0.29, 0.717) is 0 Å². The number of hydrogen-bond acceptors (Lipinski definition) is 0. The van der Waals surface area contributed by atoms with Gasteiger partial charge in [0.15, 0.2) is 8.07 Å². The molecule has 0 N–H and O–H groups in total. The molecule has 0 saturated carbocycles. The van der Waals surface area contributed by atoms with Crippen LogP contribution in [0.3, 0.4) is 0 Å². The first-order valence-corrected chi connectivity index (χ1v) is 21.7. The molecular formula is C54H38N2Si. The van der Waals surface area contributed by atoms with Gasteiger partial charge in [0.2, 0.25) is 0 Å². The fourth-order valence-corrected chi connectivity index (χ4v) is 14.1. The van der Waals surface area contributed by atoms with Gasteiger partial charge >= 0.3 is 0 Å². The van der Waals surface area contributed by atoms with E-state index in [9.17, 15) is 0 Å². The van der Waals surface area contributed by atoms with E-state index < -0.39 is 8.07 Å². The van der Waals surface area contributed by atoms with Crippen LogP contribution < -0.4 is 20.7 Å². The molecule has 3 heteroatoms. The first-order valence-electron chi connectivity index (χ1n) is 19.7. The quantitative estimate of drug-likeness (QED) is 0.114. The van der Waals surface area contributed by atoms with Crippen molar-refractivity contribution in [1.82, 2.24) is 9.13 Å². The van der Waals surface area contributed by atoms with Gasteiger partial charge < -0.3 is 9.13 Å². The molecule has 11 aromatic rings. The molecule has 0 aliphatic carbocycles. The first kappa shape index (κ1) is 33.2. The SMILES string of the molecule is c1ccc(-n2c3ccccc3c3cc([Si](c4ccccc4)(c4ccccc4)c4ccc(-c5ccc6c7ccccc7n(-c7ccccc7)c6c5)cc4)ccc32)cc1. The van der Waals surface area contributed by atoms with Gasteiger partial charge in [-0.05, 0) is 80.4 Å². The Morgan fingerprint density at radius 3 is 1.23 bits per heavy atom. The summed E-state index contributed by atoms with van der Waals surface area (Å²) in [6, 6.07) is 85.3. The monoisotopic (exact) mass is 742 g/mol. The third kappa shape index (κ3) is 5.24. The van der Waals surface area contributed by atoms with Crippen molar-refractivity contribution in [2.75, 3.05) is 0 Å². The highest BCUT2D eigenvalue weighted by Crippen LogP contribution is 2.35. The number of fused-ring (bicyclic) bond motifs is 6. The zero-order valence-corrected chi connectivity index (χ0v) is 32.3. The lowest BCUT2D eigenvalue weighted by Gasteiger charge is -2.34. The van der Waals surface area contributed by atoms with Crippen LogP contribution in [0.5, 0.6) is 0 Å². The van der Waals surface area contributed by atoms with Crippen molar-refractivity contribution in [2.45, 2.75) is 0 Å². The highest BCUT2D eigenvalue weighted by Gasteiger charge is 2.41. The predicted octanol–water partition coefficient (Wildman–Crippen LogP) is 10.9. The van der Waals surface area contributed by atoms with Gasteiger partial charge in [-0.25, -0.2) is 0 Å². The maximum absolute atomic E-state index is 2.83. The normalized spacial score (nSPS) is 11.9. The second-order valence-corrected chi connectivity index (χ2v) is 18.7. The fourth-order valence-electron chi connectivity index (χ4n) is 9.36. The summed E-state index contributed by atoms with van der Waals surface area (Å²) in [7, 11) is -2.83. The molecule has 0 aliphatic heterocycles. The minimum absolute atomic E-state index is 1.17. The summed E-state index contributed by atoms with van der Waals surface area (Å²) in [5, 5.41) is 10.5. The van der Waals surface area contributed by atoms with Crippen molar-refractivity contribution in [1.29, 1.82) is 0 Å². The van der Waals surface area contributed by atoms with E-state index in [4.69, 9.17) is 0 Å². The lowest BCUT2D eigenvalue weighted by atomic mass is 10.0. The van der Waals surface area contributed by atoms with Crippen LogP contribution in [-0.2, 0) is 0 Å². The van der Waals surface area contributed by atoms with Gasteiger partial charge in [0, 0.05) is 32.9 Å². The maximum atomic E-state index is 2.51. The summed E-state index contributed by atoms with van der Waals surface area (Å²) in [5.74, 6) is 0. The van der Waals surface area contributed by atoms with Gasteiger partial charge in [0.1, 0.15) is 0 Å². The molecule has 0 atom stereocenters. The second kappa shape index (κ2) is 13.5. The van der Waals surface area contributed by atoms with E-state index in [1.165, 1.54) is 86.9 Å².